The second-order valence-corrected chi connectivity index (χ2v) is 7.30. The van der Waals surface area contributed by atoms with Crippen molar-refractivity contribution in [2.45, 2.75) is 45.8 Å². The summed E-state index contributed by atoms with van der Waals surface area (Å²) in [6, 6.07) is 0. The summed E-state index contributed by atoms with van der Waals surface area (Å²) >= 11 is 0. The Morgan fingerprint density at radius 2 is 1.05 bits per heavy atom. The topological polar surface area (TPSA) is 43.2 Å². The van der Waals surface area contributed by atoms with Gasteiger partial charge >= 0.3 is 0 Å². The first kappa shape index (κ1) is 29.6. The molecule has 0 radical (unpaired) electrons. The SMILES string of the molecule is CCCCCC(/C=C/C=N/OCc1c(F)c(F)c(F)c(F)c1F)=N/OCc1c(F)c(F)c(F)c(F)c1F. The fourth-order valence-corrected chi connectivity index (χ4v) is 2.78. The van der Waals surface area contributed by atoms with E-state index in [4.69, 9.17) is 4.84 Å². The van der Waals surface area contributed by atoms with Crippen LogP contribution in [0.2, 0.25) is 0 Å². The third-order valence-electron chi connectivity index (χ3n) is 4.75. The largest absolute Gasteiger partial charge is 0.391 e. The van der Waals surface area contributed by atoms with Gasteiger partial charge in [0.05, 0.1) is 23.1 Å². The van der Waals surface area contributed by atoms with Crippen LogP contribution in [0.5, 0.6) is 0 Å². The molecule has 0 aromatic heterocycles. The third-order valence-corrected chi connectivity index (χ3v) is 4.75. The van der Waals surface area contributed by atoms with Crippen LogP contribution in [0.15, 0.2) is 22.5 Å². The van der Waals surface area contributed by atoms with Crippen LogP contribution >= 0.6 is 0 Å². The van der Waals surface area contributed by atoms with Gasteiger partial charge in [0.2, 0.25) is 11.6 Å². The predicted octanol–water partition coefficient (Wildman–Crippen LogP) is 7.29. The monoisotopic (exact) mass is 544 g/mol. The maximum Gasteiger partial charge on any atom is 0.200 e. The van der Waals surface area contributed by atoms with Crippen molar-refractivity contribution in [3.63, 3.8) is 0 Å². The maximum atomic E-state index is 13.7. The number of unbranched alkanes of at least 4 members (excludes halogenated alkanes) is 2. The zero-order valence-corrected chi connectivity index (χ0v) is 19.0. The van der Waals surface area contributed by atoms with Gasteiger partial charge in [-0.15, -0.1) is 0 Å². The van der Waals surface area contributed by atoms with Crippen LogP contribution in [-0.2, 0) is 22.9 Å². The molecule has 37 heavy (non-hydrogen) atoms. The Balaban J connectivity index is 2.07. The Bertz CT molecular complexity index is 1160. The number of hydrogen-bond acceptors (Lipinski definition) is 4. The van der Waals surface area contributed by atoms with Crippen LogP contribution < -0.4 is 0 Å². The molecule has 0 saturated carbocycles. The van der Waals surface area contributed by atoms with Crippen molar-refractivity contribution < 1.29 is 53.6 Å². The van der Waals surface area contributed by atoms with E-state index in [-0.39, 0.29) is 12.1 Å². The molecule has 0 bridgehead atoms. The van der Waals surface area contributed by atoms with E-state index in [0.29, 0.717) is 6.42 Å². The molecule has 0 fully saturated rings. The van der Waals surface area contributed by atoms with Gasteiger partial charge in [-0.1, -0.05) is 30.1 Å². The maximum absolute atomic E-state index is 13.7. The number of allylic oxidation sites excluding steroid dienone is 2. The van der Waals surface area contributed by atoms with E-state index in [0.717, 1.165) is 19.1 Å². The molecule has 4 nitrogen and oxygen atoms in total. The highest BCUT2D eigenvalue weighted by Gasteiger charge is 2.27. The number of rotatable bonds is 12. The van der Waals surface area contributed by atoms with Gasteiger partial charge in [0.25, 0.3) is 0 Å². The number of halogens is 10. The molecule has 202 valence electrons. The van der Waals surface area contributed by atoms with Crippen molar-refractivity contribution in [1.29, 1.82) is 0 Å². The number of nitrogens with zero attached hydrogens (tertiary/aromatic N) is 2. The van der Waals surface area contributed by atoms with Crippen LogP contribution in [0.25, 0.3) is 0 Å². The second kappa shape index (κ2) is 13.7. The third kappa shape index (κ3) is 7.23. The summed E-state index contributed by atoms with van der Waals surface area (Å²) in [7, 11) is 0. The smallest absolute Gasteiger partial charge is 0.200 e. The van der Waals surface area contributed by atoms with Crippen molar-refractivity contribution in [2.24, 2.45) is 10.3 Å². The molecule has 0 amide bonds. The molecule has 0 aliphatic rings. The molecule has 2 aromatic rings. The van der Waals surface area contributed by atoms with Crippen LogP contribution in [0.3, 0.4) is 0 Å². The Hall–Kier alpha value is -3.58. The molecule has 0 aliphatic heterocycles. The van der Waals surface area contributed by atoms with Crippen LogP contribution in [-0.4, -0.2) is 11.9 Å². The molecule has 14 heteroatoms. The van der Waals surface area contributed by atoms with Gasteiger partial charge in [-0.25, -0.2) is 43.9 Å². The lowest BCUT2D eigenvalue weighted by atomic mass is 10.1. The molecule has 0 N–H and O–H groups in total. The standard InChI is InChI=1S/C23H18F10N2O2/c1-2-3-4-6-11(35-37-10-13-16(26)20(30)23(33)21(31)17(13)27)7-5-8-34-36-9-12-14(24)18(28)22(32)19(29)15(12)25/h5,7-8H,2-4,6,9-10H2,1H3/b7-5+,34-8+,35-11-. The van der Waals surface area contributed by atoms with Crippen molar-refractivity contribution in [3.05, 3.63) is 81.5 Å². The highest BCUT2D eigenvalue weighted by Crippen LogP contribution is 2.24. The Morgan fingerprint density at radius 1 is 0.622 bits per heavy atom. The van der Waals surface area contributed by atoms with Crippen LogP contribution in [0, 0.1) is 58.2 Å². The summed E-state index contributed by atoms with van der Waals surface area (Å²) in [5.41, 5.74) is -2.30. The fraction of sp³-hybridized carbons (Fsp3) is 0.304. The van der Waals surface area contributed by atoms with E-state index >= 15 is 0 Å². The van der Waals surface area contributed by atoms with Crippen molar-refractivity contribution in [3.8, 4) is 0 Å². The quantitative estimate of drug-likeness (QED) is 0.0704. The number of hydrogen-bond donors (Lipinski definition) is 0. The second-order valence-electron chi connectivity index (χ2n) is 7.30. The zero-order valence-electron chi connectivity index (χ0n) is 19.0. The van der Waals surface area contributed by atoms with E-state index in [9.17, 15) is 43.9 Å². The average Bonchev–Trinajstić information content (AvgIpc) is 2.89. The first-order valence-electron chi connectivity index (χ1n) is 10.5. The molecule has 0 heterocycles. The number of oxime groups is 2. The fourth-order valence-electron chi connectivity index (χ4n) is 2.78. The van der Waals surface area contributed by atoms with E-state index in [1.807, 2.05) is 6.92 Å². The summed E-state index contributed by atoms with van der Waals surface area (Å²) in [5, 5.41) is 6.89. The van der Waals surface area contributed by atoms with Gasteiger partial charge in [0, 0.05) is 0 Å². The van der Waals surface area contributed by atoms with Crippen molar-refractivity contribution >= 4 is 11.9 Å². The number of benzene rings is 2. The van der Waals surface area contributed by atoms with Gasteiger partial charge in [0.1, 0.15) is 13.2 Å². The molecular formula is C23H18F10N2O2. The first-order chi connectivity index (χ1) is 17.5. The minimum atomic E-state index is -2.32. The lowest BCUT2D eigenvalue weighted by molar-refractivity contribution is 0.122. The van der Waals surface area contributed by atoms with Gasteiger partial charge in [-0.05, 0) is 25.0 Å². The minimum absolute atomic E-state index is 0.156. The molecule has 0 saturated heterocycles. The minimum Gasteiger partial charge on any atom is -0.391 e. The van der Waals surface area contributed by atoms with Gasteiger partial charge in [-0.3, -0.25) is 0 Å². The van der Waals surface area contributed by atoms with Gasteiger partial charge in [0.15, 0.2) is 46.5 Å². The van der Waals surface area contributed by atoms with Gasteiger partial charge in [-0.2, -0.15) is 0 Å². The highest BCUT2D eigenvalue weighted by atomic mass is 19.2. The van der Waals surface area contributed by atoms with Crippen molar-refractivity contribution in [1.82, 2.24) is 0 Å². The lowest BCUT2D eigenvalue weighted by Crippen LogP contribution is -2.08. The van der Waals surface area contributed by atoms with Crippen LogP contribution in [0.4, 0.5) is 43.9 Å². The van der Waals surface area contributed by atoms with E-state index in [1.165, 1.54) is 12.2 Å². The van der Waals surface area contributed by atoms with E-state index in [2.05, 4.69) is 15.1 Å². The Labute approximate surface area is 203 Å². The Morgan fingerprint density at radius 3 is 1.51 bits per heavy atom. The molecule has 0 aliphatic carbocycles. The summed E-state index contributed by atoms with van der Waals surface area (Å²) in [6.45, 7) is -0.254. The molecule has 0 spiro atoms. The van der Waals surface area contributed by atoms with Crippen LogP contribution in [0.1, 0.15) is 43.7 Å². The molecule has 2 aromatic carbocycles. The van der Waals surface area contributed by atoms with Gasteiger partial charge < -0.3 is 9.68 Å². The lowest BCUT2D eigenvalue weighted by Gasteiger charge is -2.08. The predicted molar refractivity (Wildman–Crippen MR) is 111 cm³/mol. The normalized spacial score (nSPS) is 12.2. The van der Waals surface area contributed by atoms with Crippen molar-refractivity contribution in [2.75, 3.05) is 0 Å². The molecule has 2 rings (SSSR count). The first-order valence-corrected chi connectivity index (χ1v) is 10.5. The summed E-state index contributed by atoms with van der Waals surface area (Å²) in [4.78, 5) is 9.29. The summed E-state index contributed by atoms with van der Waals surface area (Å²) in [5.74, 6) is -21.4. The summed E-state index contributed by atoms with van der Waals surface area (Å²) in [6.07, 6.45) is 5.77. The zero-order chi connectivity index (χ0) is 27.7. The average molecular weight is 544 g/mol. The van der Waals surface area contributed by atoms with E-state index < -0.39 is 82.5 Å². The molecular weight excluding hydrogens is 526 g/mol. The Kier molecular flexibility index (Phi) is 10.9. The molecule has 0 unspecified atom stereocenters. The summed E-state index contributed by atoms with van der Waals surface area (Å²) < 4.78 is 134. The van der Waals surface area contributed by atoms with E-state index in [1.54, 1.807) is 0 Å². The molecule has 0 atom stereocenters. The highest BCUT2D eigenvalue weighted by molar-refractivity contribution is 5.97.